The molecule has 0 aliphatic rings. The van der Waals surface area contributed by atoms with Crippen LogP contribution in [0.4, 0.5) is 0 Å². The maximum absolute atomic E-state index is 5.24. The third-order valence-corrected chi connectivity index (χ3v) is 11.2. The van der Waals surface area contributed by atoms with Gasteiger partial charge in [-0.1, -0.05) is 115 Å². The van der Waals surface area contributed by atoms with E-state index in [4.69, 9.17) is 9.97 Å². The Morgan fingerprint density at radius 2 is 0.941 bits per heavy atom. The van der Waals surface area contributed by atoms with Gasteiger partial charge in [-0.05, 0) is 54.6 Å². The van der Waals surface area contributed by atoms with Crippen molar-refractivity contribution in [3.8, 4) is 34.0 Å². The minimum atomic E-state index is 0.744. The van der Waals surface area contributed by atoms with Crippen LogP contribution in [0, 0.1) is 0 Å². The zero-order chi connectivity index (χ0) is 33.5. The Labute approximate surface area is 297 Å². The number of hydrogen-bond donors (Lipinski definition) is 0. The van der Waals surface area contributed by atoms with Crippen molar-refractivity contribution in [3.05, 3.63) is 170 Å². The van der Waals surface area contributed by atoms with Crippen molar-refractivity contribution in [1.29, 1.82) is 0 Å². The molecule has 0 saturated heterocycles. The first kappa shape index (κ1) is 28.3. The molecule has 11 aromatic rings. The molecule has 11 rings (SSSR count). The second-order valence-corrected chi connectivity index (χ2v) is 14.0. The van der Waals surface area contributed by atoms with Gasteiger partial charge in [0, 0.05) is 59.5 Å². The highest BCUT2D eigenvalue weighted by Gasteiger charge is 2.20. The third kappa shape index (κ3) is 4.25. The minimum Gasteiger partial charge on any atom is -0.309 e. The highest BCUT2D eigenvalue weighted by molar-refractivity contribution is 7.25. The molecule has 238 valence electrons. The number of benzene rings is 7. The summed E-state index contributed by atoms with van der Waals surface area (Å²) in [6.45, 7) is 0. The quantitative estimate of drug-likeness (QED) is 0.187. The Morgan fingerprint density at radius 1 is 0.392 bits per heavy atom. The van der Waals surface area contributed by atoms with Gasteiger partial charge in [-0.2, -0.15) is 0 Å². The van der Waals surface area contributed by atoms with Gasteiger partial charge in [0.25, 0.3) is 0 Å². The maximum atomic E-state index is 5.24. The zero-order valence-electron chi connectivity index (χ0n) is 27.4. The number of aromatic nitrogens is 4. The Balaban J connectivity index is 1.15. The molecule has 4 aromatic heterocycles. The molecule has 0 N–H and O–H groups in total. The van der Waals surface area contributed by atoms with E-state index in [2.05, 4.69) is 161 Å². The molecule has 0 unspecified atom stereocenters. The number of fused-ring (bicyclic) bond motifs is 9. The second kappa shape index (κ2) is 11.0. The standard InChI is InChI=1S/C46H28N4S/c1-3-13-30(14-4-1)45-47-44(43-35-19-9-12-22-42(35)51-46(43)48-45)29-23-25-32(26-24-29)50-39-21-11-8-18-34(39)37-27-36-33-17-7-10-20-38(33)49(40(36)28-41(37)50)31-15-5-2-6-16-31/h1-28H. The number of rotatable bonds is 4. The fourth-order valence-corrected chi connectivity index (χ4v) is 8.96. The lowest BCUT2D eigenvalue weighted by molar-refractivity contribution is 1.16. The van der Waals surface area contributed by atoms with E-state index in [0.29, 0.717) is 0 Å². The van der Waals surface area contributed by atoms with Gasteiger partial charge in [-0.15, -0.1) is 11.3 Å². The molecule has 0 bridgehead atoms. The van der Waals surface area contributed by atoms with E-state index in [0.717, 1.165) is 44.2 Å². The summed E-state index contributed by atoms with van der Waals surface area (Å²) in [6, 6.07) is 60.7. The highest BCUT2D eigenvalue weighted by atomic mass is 32.1. The van der Waals surface area contributed by atoms with Gasteiger partial charge >= 0.3 is 0 Å². The Kier molecular flexibility index (Phi) is 6.09. The van der Waals surface area contributed by atoms with Crippen molar-refractivity contribution >= 4 is 75.3 Å². The predicted molar refractivity (Wildman–Crippen MR) is 214 cm³/mol. The summed E-state index contributed by atoms with van der Waals surface area (Å²) < 4.78 is 6.02. The van der Waals surface area contributed by atoms with Crippen LogP contribution in [-0.4, -0.2) is 19.1 Å². The molecule has 5 heteroatoms. The molecule has 0 radical (unpaired) electrons. The van der Waals surface area contributed by atoms with Crippen LogP contribution >= 0.6 is 11.3 Å². The fourth-order valence-electron chi connectivity index (χ4n) is 7.88. The number of hydrogen-bond acceptors (Lipinski definition) is 3. The van der Waals surface area contributed by atoms with E-state index in [9.17, 15) is 0 Å². The average Bonchev–Trinajstić information content (AvgIpc) is 3.85. The molecule has 0 aliphatic heterocycles. The van der Waals surface area contributed by atoms with Crippen LogP contribution in [0.5, 0.6) is 0 Å². The molecular weight excluding hydrogens is 641 g/mol. The summed E-state index contributed by atoms with van der Waals surface area (Å²) in [5.74, 6) is 0.744. The van der Waals surface area contributed by atoms with Crippen LogP contribution in [-0.2, 0) is 0 Å². The van der Waals surface area contributed by atoms with Crippen LogP contribution in [0.2, 0.25) is 0 Å². The summed E-state index contributed by atoms with van der Waals surface area (Å²) in [6.07, 6.45) is 0. The predicted octanol–water partition coefficient (Wildman–Crippen LogP) is 12.4. The van der Waals surface area contributed by atoms with Crippen molar-refractivity contribution in [3.63, 3.8) is 0 Å². The lowest BCUT2D eigenvalue weighted by atomic mass is 10.0. The molecule has 0 aliphatic carbocycles. The Bertz CT molecular complexity index is 3120. The topological polar surface area (TPSA) is 35.6 Å². The van der Waals surface area contributed by atoms with Crippen LogP contribution in [0.3, 0.4) is 0 Å². The van der Waals surface area contributed by atoms with Gasteiger partial charge in [0.15, 0.2) is 5.82 Å². The van der Waals surface area contributed by atoms with Crippen molar-refractivity contribution in [1.82, 2.24) is 19.1 Å². The van der Waals surface area contributed by atoms with E-state index in [-0.39, 0.29) is 0 Å². The van der Waals surface area contributed by atoms with Crippen molar-refractivity contribution < 1.29 is 0 Å². The average molecular weight is 669 g/mol. The normalized spacial score (nSPS) is 11.9. The molecule has 51 heavy (non-hydrogen) atoms. The third-order valence-electron chi connectivity index (χ3n) is 10.2. The second-order valence-electron chi connectivity index (χ2n) is 13.0. The van der Waals surface area contributed by atoms with Gasteiger partial charge in [-0.25, -0.2) is 9.97 Å². The number of nitrogens with zero attached hydrogens (tertiary/aromatic N) is 4. The first-order chi connectivity index (χ1) is 25.3. The van der Waals surface area contributed by atoms with E-state index >= 15 is 0 Å². The molecule has 4 heterocycles. The van der Waals surface area contributed by atoms with Gasteiger partial charge in [0.2, 0.25) is 0 Å². The van der Waals surface area contributed by atoms with Gasteiger partial charge < -0.3 is 9.13 Å². The van der Waals surface area contributed by atoms with Gasteiger partial charge in [0.05, 0.1) is 27.8 Å². The molecule has 0 saturated carbocycles. The van der Waals surface area contributed by atoms with Crippen LogP contribution in [0.1, 0.15) is 0 Å². The van der Waals surface area contributed by atoms with Gasteiger partial charge in [0.1, 0.15) is 4.83 Å². The monoisotopic (exact) mass is 668 g/mol. The largest absolute Gasteiger partial charge is 0.309 e. The van der Waals surface area contributed by atoms with E-state index in [1.54, 1.807) is 11.3 Å². The lowest BCUT2D eigenvalue weighted by Crippen LogP contribution is -1.96. The van der Waals surface area contributed by atoms with Crippen LogP contribution in [0.25, 0.3) is 97.9 Å². The fraction of sp³-hybridized carbons (Fsp3) is 0. The molecule has 4 nitrogen and oxygen atoms in total. The van der Waals surface area contributed by atoms with E-state index in [1.807, 2.05) is 18.2 Å². The molecular formula is C46H28N4S. The van der Waals surface area contributed by atoms with Crippen LogP contribution in [0.15, 0.2) is 170 Å². The first-order valence-electron chi connectivity index (χ1n) is 17.2. The van der Waals surface area contributed by atoms with Crippen molar-refractivity contribution in [2.45, 2.75) is 0 Å². The lowest BCUT2D eigenvalue weighted by Gasteiger charge is -2.12. The highest BCUT2D eigenvalue weighted by Crippen LogP contribution is 2.42. The van der Waals surface area contributed by atoms with Crippen molar-refractivity contribution in [2.24, 2.45) is 0 Å². The van der Waals surface area contributed by atoms with E-state index in [1.165, 1.54) is 53.7 Å². The minimum absolute atomic E-state index is 0.744. The summed E-state index contributed by atoms with van der Waals surface area (Å²) in [4.78, 5) is 11.3. The summed E-state index contributed by atoms with van der Waals surface area (Å²) in [7, 11) is 0. The van der Waals surface area contributed by atoms with Crippen LogP contribution < -0.4 is 0 Å². The molecule has 0 fully saturated rings. The smallest absolute Gasteiger partial charge is 0.161 e. The Morgan fingerprint density at radius 3 is 1.61 bits per heavy atom. The van der Waals surface area contributed by atoms with Gasteiger partial charge in [-0.3, -0.25) is 0 Å². The summed E-state index contributed by atoms with van der Waals surface area (Å²) >= 11 is 1.73. The first-order valence-corrected chi connectivity index (χ1v) is 18.0. The molecule has 7 aromatic carbocycles. The Hall–Kier alpha value is -6.56. The zero-order valence-corrected chi connectivity index (χ0v) is 28.2. The molecule has 0 amide bonds. The summed E-state index contributed by atoms with van der Waals surface area (Å²) in [5, 5.41) is 7.29. The number of thiophene rings is 1. The molecule has 0 spiro atoms. The van der Waals surface area contributed by atoms with Crippen molar-refractivity contribution in [2.75, 3.05) is 0 Å². The maximum Gasteiger partial charge on any atom is 0.161 e. The van der Waals surface area contributed by atoms with E-state index < -0.39 is 0 Å². The SMILES string of the molecule is c1ccc(-c2nc(-c3ccc(-n4c5ccccc5c5cc6c7ccccc7n(-c7ccccc7)c6cc54)cc3)c3c(n2)sc2ccccc23)cc1. The summed E-state index contributed by atoms with van der Waals surface area (Å²) in [5.41, 5.74) is 10.1. The molecule has 0 atom stereocenters. The number of para-hydroxylation sites is 3.